The Labute approximate surface area is 118 Å². The molecule has 1 aliphatic carbocycles. The lowest BCUT2D eigenvalue weighted by Gasteiger charge is -2.61. The van der Waals surface area contributed by atoms with Crippen LogP contribution >= 0.6 is 0 Å². The minimum atomic E-state index is 0.285. The summed E-state index contributed by atoms with van der Waals surface area (Å²) in [4.78, 5) is 2.59. The zero-order valence-electron chi connectivity index (χ0n) is 13.2. The molecule has 0 aromatic carbocycles. The van der Waals surface area contributed by atoms with Crippen molar-refractivity contribution < 1.29 is 4.74 Å². The van der Waals surface area contributed by atoms with Crippen molar-refractivity contribution in [2.24, 2.45) is 11.3 Å². The zero-order valence-corrected chi connectivity index (χ0v) is 13.2. The lowest BCUT2D eigenvalue weighted by atomic mass is 9.62. The summed E-state index contributed by atoms with van der Waals surface area (Å²) in [5.41, 5.74) is 2.18. The number of hydrogen-bond donors (Lipinski definition) is 0. The summed E-state index contributed by atoms with van der Waals surface area (Å²) < 4.78 is 6.43. The number of allylic oxidation sites excluding steroid dienone is 1. The second-order valence-corrected chi connectivity index (χ2v) is 8.19. The van der Waals surface area contributed by atoms with Crippen molar-refractivity contribution in [3.63, 3.8) is 0 Å². The number of hydrogen-bond acceptors (Lipinski definition) is 2. The van der Waals surface area contributed by atoms with E-state index in [-0.39, 0.29) is 5.54 Å². The average molecular weight is 263 g/mol. The highest BCUT2D eigenvalue weighted by Crippen LogP contribution is 2.55. The fourth-order valence-corrected chi connectivity index (χ4v) is 4.68. The number of nitrogens with zero attached hydrogens (tertiary/aromatic N) is 1. The van der Waals surface area contributed by atoms with Gasteiger partial charge in [-0.15, -0.1) is 0 Å². The van der Waals surface area contributed by atoms with Crippen LogP contribution in [0, 0.1) is 11.3 Å². The van der Waals surface area contributed by atoms with Crippen LogP contribution in [-0.2, 0) is 4.74 Å². The van der Waals surface area contributed by atoms with Gasteiger partial charge in [-0.2, -0.15) is 0 Å². The molecule has 2 aliphatic heterocycles. The van der Waals surface area contributed by atoms with E-state index in [9.17, 15) is 0 Å². The first kappa shape index (κ1) is 13.6. The molecule has 0 radical (unpaired) electrons. The highest BCUT2D eigenvalue weighted by molar-refractivity contribution is 5.19. The molecule has 19 heavy (non-hydrogen) atoms. The molecular weight excluding hydrogens is 234 g/mol. The van der Waals surface area contributed by atoms with Gasteiger partial charge in [-0.3, -0.25) is 4.90 Å². The predicted molar refractivity (Wildman–Crippen MR) is 78.9 cm³/mol. The number of fused-ring (bicyclic) bond motifs is 1. The van der Waals surface area contributed by atoms with Gasteiger partial charge < -0.3 is 4.74 Å². The fourth-order valence-electron chi connectivity index (χ4n) is 4.68. The van der Waals surface area contributed by atoms with E-state index in [0.29, 0.717) is 23.7 Å². The van der Waals surface area contributed by atoms with Crippen LogP contribution in [0.15, 0.2) is 11.6 Å². The van der Waals surface area contributed by atoms with E-state index in [4.69, 9.17) is 4.74 Å². The summed E-state index contributed by atoms with van der Waals surface area (Å²) in [6.45, 7) is 12.9. The molecule has 2 saturated heterocycles. The monoisotopic (exact) mass is 263 g/mol. The van der Waals surface area contributed by atoms with Crippen LogP contribution in [0.25, 0.3) is 0 Å². The molecule has 0 amide bonds. The smallest absolute Gasteiger partial charge is 0.117 e. The number of rotatable bonds is 1. The Hall–Kier alpha value is -0.340. The Bertz CT molecular complexity index is 391. The van der Waals surface area contributed by atoms with Gasteiger partial charge in [0, 0.05) is 18.0 Å². The van der Waals surface area contributed by atoms with Crippen molar-refractivity contribution in [2.75, 3.05) is 6.54 Å². The van der Waals surface area contributed by atoms with Crippen molar-refractivity contribution in [1.29, 1.82) is 0 Å². The summed E-state index contributed by atoms with van der Waals surface area (Å²) >= 11 is 0. The fraction of sp³-hybridized carbons (Fsp3) is 0.882. The van der Waals surface area contributed by atoms with Gasteiger partial charge in [0.2, 0.25) is 0 Å². The highest BCUT2D eigenvalue weighted by Gasteiger charge is 2.63. The van der Waals surface area contributed by atoms with E-state index in [1.807, 2.05) is 0 Å². The van der Waals surface area contributed by atoms with Crippen LogP contribution in [0.3, 0.4) is 0 Å². The van der Waals surface area contributed by atoms with E-state index in [0.717, 1.165) is 6.54 Å². The molecule has 0 aromatic heterocycles. The summed E-state index contributed by atoms with van der Waals surface area (Å²) in [6, 6.07) is 0. The number of ether oxygens (including phenoxy) is 1. The van der Waals surface area contributed by atoms with Gasteiger partial charge in [0.05, 0.1) is 6.10 Å². The third-order valence-corrected chi connectivity index (χ3v) is 5.43. The van der Waals surface area contributed by atoms with Gasteiger partial charge in [-0.25, -0.2) is 0 Å². The molecule has 0 N–H and O–H groups in total. The maximum atomic E-state index is 6.43. The van der Waals surface area contributed by atoms with Gasteiger partial charge in [0.15, 0.2) is 0 Å². The first-order chi connectivity index (χ1) is 8.82. The van der Waals surface area contributed by atoms with Gasteiger partial charge in [0.25, 0.3) is 0 Å². The average Bonchev–Trinajstić information content (AvgIpc) is 2.69. The first-order valence-corrected chi connectivity index (χ1v) is 7.93. The molecule has 2 fully saturated rings. The minimum absolute atomic E-state index is 0.285. The molecule has 2 nitrogen and oxygen atoms in total. The van der Waals surface area contributed by atoms with Gasteiger partial charge >= 0.3 is 0 Å². The molecule has 3 rings (SSSR count). The molecule has 2 heterocycles. The van der Waals surface area contributed by atoms with Crippen LogP contribution in [-0.4, -0.2) is 29.3 Å². The lowest BCUT2D eigenvalue weighted by molar-refractivity contribution is -0.222. The second-order valence-electron chi connectivity index (χ2n) is 8.19. The van der Waals surface area contributed by atoms with Crippen LogP contribution in [0.4, 0.5) is 0 Å². The largest absolute Gasteiger partial charge is 0.354 e. The van der Waals surface area contributed by atoms with Crippen LogP contribution < -0.4 is 0 Å². The SMILES string of the molecule is CC(C)(C)C1C2OC(C3=CCCCC3)CN2C1(C)C. The molecule has 3 aliphatic rings. The molecule has 3 unspecified atom stereocenters. The topological polar surface area (TPSA) is 12.5 Å². The Balaban J connectivity index is 1.76. The van der Waals surface area contributed by atoms with Crippen molar-refractivity contribution in [1.82, 2.24) is 4.90 Å². The third kappa shape index (κ3) is 2.08. The van der Waals surface area contributed by atoms with Crippen molar-refractivity contribution >= 4 is 0 Å². The Kier molecular flexibility index (Phi) is 3.10. The summed E-state index contributed by atoms with van der Waals surface area (Å²) in [6.07, 6.45) is 8.39. The van der Waals surface area contributed by atoms with E-state index >= 15 is 0 Å². The standard InChI is InChI=1S/C17H29NO/c1-16(2,3)14-15-18(17(14,4)5)11-13(19-15)12-9-7-6-8-10-12/h9,13-15H,6-8,10-11H2,1-5H3. The molecule has 3 atom stereocenters. The zero-order chi connectivity index (χ0) is 13.8. The summed E-state index contributed by atoms with van der Waals surface area (Å²) in [5, 5.41) is 0. The Morgan fingerprint density at radius 1 is 1.26 bits per heavy atom. The van der Waals surface area contributed by atoms with Gasteiger partial charge in [0.1, 0.15) is 6.23 Å². The van der Waals surface area contributed by atoms with E-state index < -0.39 is 0 Å². The van der Waals surface area contributed by atoms with Crippen molar-refractivity contribution in [3.05, 3.63) is 11.6 Å². The lowest BCUT2D eigenvalue weighted by Crippen LogP contribution is -2.71. The van der Waals surface area contributed by atoms with Crippen molar-refractivity contribution in [2.45, 2.75) is 78.2 Å². The Morgan fingerprint density at radius 2 is 2.00 bits per heavy atom. The van der Waals surface area contributed by atoms with E-state index in [1.54, 1.807) is 5.57 Å². The summed E-state index contributed by atoms with van der Waals surface area (Å²) in [5.74, 6) is 0.634. The quantitative estimate of drug-likeness (QED) is 0.664. The second kappa shape index (κ2) is 4.33. The molecule has 108 valence electrons. The van der Waals surface area contributed by atoms with E-state index in [2.05, 4.69) is 45.6 Å². The molecule has 0 aromatic rings. The normalized spacial score (nSPS) is 38.6. The van der Waals surface area contributed by atoms with Crippen LogP contribution in [0.1, 0.15) is 60.3 Å². The molecule has 0 bridgehead atoms. The highest BCUT2D eigenvalue weighted by atomic mass is 16.5. The maximum Gasteiger partial charge on any atom is 0.117 e. The Morgan fingerprint density at radius 3 is 2.58 bits per heavy atom. The van der Waals surface area contributed by atoms with Gasteiger partial charge in [-0.05, 0) is 50.5 Å². The molecule has 2 heteroatoms. The maximum absolute atomic E-state index is 6.43. The minimum Gasteiger partial charge on any atom is -0.354 e. The van der Waals surface area contributed by atoms with Crippen molar-refractivity contribution in [3.8, 4) is 0 Å². The molecule has 0 spiro atoms. The first-order valence-electron chi connectivity index (χ1n) is 7.93. The van der Waals surface area contributed by atoms with Crippen LogP contribution in [0.5, 0.6) is 0 Å². The third-order valence-electron chi connectivity index (χ3n) is 5.43. The molecular formula is C17H29NO. The summed E-state index contributed by atoms with van der Waals surface area (Å²) in [7, 11) is 0. The van der Waals surface area contributed by atoms with Gasteiger partial charge in [-0.1, -0.05) is 26.8 Å². The molecule has 0 saturated carbocycles. The van der Waals surface area contributed by atoms with Crippen LogP contribution in [0.2, 0.25) is 0 Å². The predicted octanol–water partition coefficient (Wildman–Crippen LogP) is 3.97. The van der Waals surface area contributed by atoms with E-state index in [1.165, 1.54) is 25.7 Å².